The zero-order chi connectivity index (χ0) is 15.6. The van der Waals surface area contributed by atoms with E-state index in [1.807, 2.05) is 66.9 Å². The Morgan fingerprint density at radius 1 is 1.05 bits per heavy atom. The lowest BCUT2D eigenvalue weighted by atomic mass is 9.65. The van der Waals surface area contributed by atoms with Crippen LogP contribution < -0.4 is 5.32 Å². The first-order valence-corrected chi connectivity index (χ1v) is 7.66. The van der Waals surface area contributed by atoms with Crippen molar-refractivity contribution in [3.63, 3.8) is 0 Å². The molecule has 2 aromatic carbocycles. The third-order valence-electron chi connectivity index (χ3n) is 3.99. The standard InChI is InChI=1S/C18H13ClN2S/c19-15-8-6-14(7-9-15)18(13-4-2-1-3-5-13)10-11-21-17(22)16(18)12-20/h1-11,16H,(H,21,22). The fraction of sp³-hybridized carbons (Fsp3) is 0.111. The van der Waals surface area contributed by atoms with Gasteiger partial charge in [-0.05, 0) is 29.5 Å². The number of hydrogen-bond acceptors (Lipinski definition) is 2. The molecule has 2 nitrogen and oxygen atoms in total. The SMILES string of the molecule is N#CC1C(=S)NC=CC1(c1ccccc1)c1ccc(Cl)cc1. The van der Waals surface area contributed by atoms with Gasteiger partial charge in [0.1, 0.15) is 5.92 Å². The number of nitrogens with zero attached hydrogens (tertiary/aromatic N) is 1. The quantitative estimate of drug-likeness (QED) is 0.841. The number of allylic oxidation sites excluding steroid dienone is 1. The molecule has 0 bridgehead atoms. The molecule has 4 heteroatoms. The minimum absolute atomic E-state index is 0.476. The molecule has 0 amide bonds. The monoisotopic (exact) mass is 324 g/mol. The number of halogens is 1. The molecular weight excluding hydrogens is 312 g/mol. The smallest absolute Gasteiger partial charge is 0.114 e. The van der Waals surface area contributed by atoms with Crippen LogP contribution in [0.3, 0.4) is 0 Å². The van der Waals surface area contributed by atoms with Gasteiger partial charge in [-0.15, -0.1) is 0 Å². The molecule has 1 aliphatic heterocycles. The first-order chi connectivity index (χ1) is 10.7. The predicted molar refractivity (Wildman–Crippen MR) is 92.7 cm³/mol. The van der Waals surface area contributed by atoms with E-state index >= 15 is 0 Å². The van der Waals surface area contributed by atoms with Gasteiger partial charge in [0.15, 0.2) is 0 Å². The largest absolute Gasteiger partial charge is 0.355 e. The summed E-state index contributed by atoms with van der Waals surface area (Å²) in [6, 6.07) is 19.9. The molecule has 0 aromatic heterocycles. The topological polar surface area (TPSA) is 35.8 Å². The molecule has 2 atom stereocenters. The van der Waals surface area contributed by atoms with E-state index in [-0.39, 0.29) is 0 Å². The molecule has 2 unspecified atom stereocenters. The molecule has 0 fully saturated rings. The number of hydrogen-bond donors (Lipinski definition) is 1. The molecule has 1 aliphatic rings. The van der Waals surface area contributed by atoms with Crippen molar-refractivity contribution in [3.05, 3.63) is 83.0 Å². The van der Waals surface area contributed by atoms with Crippen LogP contribution in [0.2, 0.25) is 5.02 Å². The van der Waals surface area contributed by atoms with E-state index in [0.717, 1.165) is 11.1 Å². The van der Waals surface area contributed by atoms with Gasteiger partial charge in [0.05, 0.1) is 16.5 Å². The normalized spacial score (nSPS) is 23.6. The number of thiocarbonyl (C=S) groups is 1. The molecule has 0 aliphatic carbocycles. The van der Waals surface area contributed by atoms with Crippen LogP contribution in [0, 0.1) is 17.2 Å². The van der Waals surface area contributed by atoms with Crippen molar-refractivity contribution < 1.29 is 0 Å². The maximum atomic E-state index is 9.74. The minimum atomic E-state index is -0.608. The molecule has 0 spiro atoms. The van der Waals surface area contributed by atoms with Gasteiger partial charge >= 0.3 is 0 Å². The van der Waals surface area contributed by atoms with Gasteiger partial charge in [0.2, 0.25) is 0 Å². The highest BCUT2D eigenvalue weighted by Crippen LogP contribution is 2.42. The molecule has 0 saturated carbocycles. The van der Waals surface area contributed by atoms with Crippen LogP contribution in [0.4, 0.5) is 0 Å². The van der Waals surface area contributed by atoms with Gasteiger partial charge in [-0.3, -0.25) is 0 Å². The molecule has 2 aromatic rings. The Balaban J connectivity index is 2.29. The second-order valence-corrected chi connectivity index (χ2v) is 6.02. The zero-order valence-electron chi connectivity index (χ0n) is 11.7. The fourth-order valence-corrected chi connectivity index (χ4v) is 3.37. The summed E-state index contributed by atoms with van der Waals surface area (Å²) in [5, 5.41) is 13.4. The van der Waals surface area contributed by atoms with Gasteiger partial charge in [-0.2, -0.15) is 5.26 Å². The van der Waals surface area contributed by atoms with Crippen molar-refractivity contribution in [2.75, 3.05) is 0 Å². The Morgan fingerprint density at radius 2 is 1.68 bits per heavy atom. The van der Waals surface area contributed by atoms with Gasteiger partial charge in [-0.25, -0.2) is 0 Å². The lowest BCUT2D eigenvalue weighted by Crippen LogP contribution is -2.45. The summed E-state index contributed by atoms with van der Waals surface area (Å²) in [6.07, 6.45) is 3.83. The second-order valence-electron chi connectivity index (χ2n) is 5.15. The Bertz CT molecular complexity index is 762. The third-order valence-corrected chi connectivity index (χ3v) is 4.60. The molecule has 1 heterocycles. The summed E-state index contributed by atoms with van der Waals surface area (Å²) in [5.74, 6) is -0.476. The van der Waals surface area contributed by atoms with E-state index in [2.05, 4.69) is 11.4 Å². The number of nitrogens with one attached hydrogen (secondary N) is 1. The number of nitriles is 1. The highest BCUT2D eigenvalue weighted by atomic mass is 35.5. The summed E-state index contributed by atoms with van der Waals surface area (Å²) in [4.78, 5) is 0.531. The van der Waals surface area contributed by atoms with Crippen molar-refractivity contribution in [1.29, 1.82) is 5.26 Å². The Kier molecular flexibility index (Phi) is 3.98. The van der Waals surface area contributed by atoms with E-state index in [0.29, 0.717) is 10.0 Å². The molecule has 22 heavy (non-hydrogen) atoms. The molecule has 1 N–H and O–H groups in total. The highest BCUT2D eigenvalue weighted by molar-refractivity contribution is 7.80. The van der Waals surface area contributed by atoms with Crippen LogP contribution in [0.15, 0.2) is 66.9 Å². The summed E-state index contributed by atoms with van der Waals surface area (Å²) >= 11 is 11.4. The first kappa shape index (κ1) is 14.8. The van der Waals surface area contributed by atoms with Crippen LogP contribution >= 0.6 is 23.8 Å². The van der Waals surface area contributed by atoms with Crippen molar-refractivity contribution >= 4 is 28.8 Å². The second kappa shape index (κ2) is 5.92. The molecule has 0 radical (unpaired) electrons. The zero-order valence-corrected chi connectivity index (χ0v) is 13.2. The maximum absolute atomic E-state index is 9.74. The van der Waals surface area contributed by atoms with Crippen LogP contribution in [0.5, 0.6) is 0 Å². The molecule has 3 rings (SSSR count). The van der Waals surface area contributed by atoms with Gasteiger partial charge < -0.3 is 5.32 Å². The lowest BCUT2D eigenvalue weighted by Gasteiger charge is -2.39. The van der Waals surface area contributed by atoms with Crippen molar-refractivity contribution in [2.45, 2.75) is 5.41 Å². The van der Waals surface area contributed by atoms with Crippen LogP contribution in [-0.2, 0) is 5.41 Å². The van der Waals surface area contributed by atoms with Gasteiger partial charge in [0, 0.05) is 5.02 Å². The van der Waals surface area contributed by atoms with E-state index in [1.54, 1.807) is 0 Å². The number of rotatable bonds is 2. The minimum Gasteiger partial charge on any atom is -0.355 e. The Hall–Kier alpha value is -2.15. The first-order valence-electron chi connectivity index (χ1n) is 6.88. The summed E-state index contributed by atoms with van der Waals surface area (Å²) in [5.41, 5.74) is 1.42. The van der Waals surface area contributed by atoms with Gasteiger partial charge in [-0.1, -0.05) is 72.4 Å². The summed E-state index contributed by atoms with van der Waals surface area (Å²) in [6.45, 7) is 0. The average molecular weight is 325 g/mol. The maximum Gasteiger partial charge on any atom is 0.114 e. The van der Waals surface area contributed by atoms with E-state index in [1.165, 1.54) is 0 Å². The highest BCUT2D eigenvalue weighted by Gasteiger charge is 2.44. The molecule has 108 valence electrons. The van der Waals surface area contributed by atoms with E-state index in [4.69, 9.17) is 23.8 Å². The summed E-state index contributed by atoms with van der Waals surface area (Å²) in [7, 11) is 0. The predicted octanol–water partition coefficient (Wildman–Crippen LogP) is 4.21. The van der Waals surface area contributed by atoms with Crippen molar-refractivity contribution in [2.24, 2.45) is 5.92 Å². The number of benzene rings is 2. The average Bonchev–Trinajstić information content (AvgIpc) is 2.56. The van der Waals surface area contributed by atoms with Crippen molar-refractivity contribution in [1.82, 2.24) is 5.32 Å². The third kappa shape index (κ3) is 2.31. The van der Waals surface area contributed by atoms with Crippen molar-refractivity contribution in [3.8, 4) is 6.07 Å². The van der Waals surface area contributed by atoms with Gasteiger partial charge in [0.25, 0.3) is 0 Å². The fourth-order valence-electron chi connectivity index (χ4n) is 2.93. The van der Waals surface area contributed by atoms with Crippen LogP contribution in [0.1, 0.15) is 11.1 Å². The molecule has 0 saturated heterocycles. The Morgan fingerprint density at radius 3 is 2.32 bits per heavy atom. The summed E-state index contributed by atoms with van der Waals surface area (Å²) < 4.78 is 0. The lowest BCUT2D eigenvalue weighted by molar-refractivity contribution is 0.562. The van der Waals surface area contributed by atoms with Crippen LogP contribution in [-0.4, -0.2) is 4.99 Å². The van der Waals surface area contributed by atoms with E-state index < -0.39 is 11.3 Å². The van der Waals surface area contributed by atoms with Crippen LogP contribution in [0.25, 0.3) is 0 Å². The van der Waals surface area contributed by atoms with E-state index in [9.17, 15) is 5.26 Å². The Labute approximate surface area is 140 Å². The molecular formula is C18H13ClN2S.